The molecule has 0 unspecified atom stereocenters. The molecule has 4 nitrogen and oxygen atoms in total. The summed E-state index contributed by atoms with van der Waals surface area (Å²) in [4.78, 5) is 15.0. The van der Waals surface area contributed by atoms with E-state index < -0.39 is 0 Å². The summed E-state index contributed by atoms with van der Waals surface area (Å²) in [6.45, 7) is 5.51. The van der Waals surface area contributed by atoms with E-state index in [4.69, 9.17) is 4.74 Å². The van der Waals surface area contributed by atoms with Gasteiger partial charge in [-0.2, -0.15) is 0 Å². The van der Waals surface area contributed by atoms with Crippen molar-refractivity contribution in [2.24, 2.45) is 5.92 Å². The smallest absolute Gasteiger partial charge is 0.225 e. The molecule has 0 spiro atoms. The fourth-order valence-electron chi connectivity index (χ4n) is 3.85. The van der Waals surface area contributed by atoms with E-state index in [-0.39, 0.29) is 12.0 Å². The van der Waals surface area contributed by atoms with Crippen LogP contribution in [0.15, 0.2) is 30.3 Å². The van der Waals surface area contributed by atoms with Crippen LogP contribution in [0, 0.1) is 5.92 Å². The zero-order valence-corrected chi connectivity index (χ0v) is 14.7. The van der Waals surface area contributed by atoms with Gasteiger partial charge < -0.3 is 15.0 Å². The Balaban J connectivity index is 1.50. The Kier molecular flexibility index (Phi) is 6.27. The molecule has 2 aliphatic rings. The molecule has 2 heterocycles. The highest BCUT2D eigenvalue weighted by atomic mass is 16.5. The van der Waals surface area contributed by atoms with Crippen LogP contribution in [0.2, 0.25) is 0 Å². The summed E-state index contributed by atoms with van der Waals surface area (Å²) in [5.41, 5.74) is 1.30. The van der Waals surface area contributed by atoms with Crippen molar-refractivity contribution in [3.63, 3.8) is 0 Å². The third-order valence-electron chi connectivity index (χ3n) is 5.34. The maximum absolute atomic E-state index is 12.9. The molecule has 2 saturated heterocycles. The molecule has 0 radical (unpaired) electrons. The van der Waals surface area contributed by atoms with Crippen LogP contribution in [0.5, 0.6) is 0 Å². The zero-order valence-electron chi connectivity index (χ0n) is 14.7. The quantitative estimate of drug-likeness (QED) is 0.902. The molecule has 0 saturated carbocycles. The lowest BCUT2D eigenvalue weighted by Crippen LogP contribution is -2.50. The lowest BCUT2D eigenvalue weighted by atomic mass is 9.92. The Labute approximate surface area is 145 Å². The van der Waals surface area contributed by atoms with Gasteiger partial charge >= 0.3 is 0 Å². The average molecular weight is 330 g/mol. The summed E-state index contributed by atoms with van der Waals surface area (Å²) in [5.74, 6) is 0.513. The number of amides is 1. The molecule has 1 aromatic rings. The molecular weight excluding hydrogens is 300 g/mol. The third-order valence-corrected chi connectivity index (χ3v) is 5.34. The van der Waals surface area contributed by atoms with Gasteiger partial charge in [-0.15, -0.1) is 0 Å². The second-order valence-electron chi connectivity index (χ2n) is 7.11. The lowest BCUT2D eigenvalue weighted by molar-refractivity contribution is -0.142. The van der Waals surface area contributed by atoms with Crippen LogP contribution in [-0.4, -0.2) is 42.6 Å². The van der Waals surface area contributed by atoms with Crippen LogP contribution in [0.3, 0.4) is 0 Å². The molecule has 3 rings (SSSR count). The second kappa shape index (κ2) is 8.63. The predicted octanol–water partition coefficient (Wildman–Crippen LogP) is 2.97. The van der Waals surface area contributed by atoms with E-state index in [1.165, 1.54) is 5.56 Å². The van der Waals surface area contributed by atoms with Gasteiger partial charge in [0.05, 0.1) is 6.10 Å². The van der Waals surface area contributed by atoms with Crippen LogP contribution < -0.4 is 5.32 Å². The van der Waals surface area contributed by atoms with Gasteiger partial charge in [-0.05, 0) is 37.7 Å². The van der Waals surface area contributed by atoms with Crippen molar-refractivity contribution >= 4 is 5.91 Å². The lowest BCUT2D eigenvalue weighted by Gasteiger charge is -2.37. The predicted molar refractivity (Wildman–Crippen MR) is 95.6 cm³/mol. The molecule has 4 heteroatoms. The summed E-state index contributed by atoms with van der Waals surface area (Å²) < 4.78 is 5.72. The monoisotopic (exact) mass is 330 g/mol. The van der Waals surface area contributed by atoms with Gasteiger partial charge in [0, 0.05) is 38.2 Å². The normalized spacial score (nSPS) is 27.9. The Morgan fingerprint density at radius 3 is 2.92 bits per heavy atom. The van der Waals surface area contributed by atoms with Crippen molar-refractivity contribution in [3.05, 3.63) is 35.9 Å². The highest BCUT2D eigenvalue weighted by molar-refractivity contribution is 5.79. The summed E-state index contributed by atoms with van der Waals surface area (Å²) in [6, 6.07) is 10.9. The van der Waals surface area contributed by atoms with E-state index in [2.05, 4.69) is 41.4 Å². The summed E-state index contributed by atoms with van der Waals surface area (Å²) >= 11 is 0. The third kappa shape index (κ3) is 4.58. The van der Waals surface area contributed by atoms with Crippen molar-refractivity contribution in [1.82, 2.24) is 10.2 Å². The largest absolute Gasteiger partial charge is 0.378 e. The number of benzene rings is 1. The minimum absolute atomic E-state index is 0.163. The Morgan fingerprint density at radius 2 is 2.12 bits per heavy atom. The molecule has 3 atom stereocenters. The highest BCUT2D eigenvalue weighted by Gasteiger charge is 2.32. The van der Waals surface area contributed by atoms with E-state index >= 15 is 0 Å². The van der Waals surface area contributed by atoms with Gasteiger partial charge in [0.2, 0.25) is 5.91 Å². The molecule has 1 amide bonds. The van der Waals surface area contributed by atoms with Crippen molar-refractivity contribution < 1.29 is 9.53 Å². The van der Waals surface area contributed by atoms with Gasteiger partial charge in [0.25, 0.3) is 0 Å². The summed E-state index contributed by atoms with van der Waals surface area (Å²) in [6.07, 6.45) is 5.30. The number of carbonyl (C=O) groups is 1. The minimum atomic E-state index is 0.163. The van der Waals surface area contributed by atoms with Crippen LogP contribution >= 0.6 is 0 Å². The molecule has 0 bridgehead atoms. The first-order valence-electron chi connectivity index (χ1n) is 9.44. The topological polar surface area (TPSA) is 41.6 Å². The number of ether oxygens (including phenoxy) is 1. The fourth-order valence-corrected chi connectivity index (χ4v) is 3.85. The van der Waals surface area contributed by atoms with Gasteiger partial charge in [0.1, 0.15) is 0 Å². The molecule has 132 valence electrons. The number of likely N-dealkylation sites (tertiary alicyclic amines) is 1. The second-order valence-corrected chi connectivity index (χ2v) is 7.11. The zero-order chi connectivity index (χ0) is 16.8. The molecule has 0 aliphatic carbocycles. The fraction of sp³-hybridized carbons (Fsp3) is 0.650. The number of carbonyl (C=O) groups excluding carboxylic acids is 1. The summed E-state index contributed by atoms with van der Waals surface area (Å²) in [7, 11) is 0. The van der Waals surface area contributed by atoms with E-state index in [1.54, 1.807) is 0 Å². The number of hydrogen-bond acceptors (Lipinski definition) is 3. The first kappa shape index (κ1) is 17.4. The number of piperidine rings is 1. The number of hydrogen-bond donors (Lipinski definition) is 1. The van der Waals surface area contributed by atoms with Crippen LogP contribution in [0.1, 0.15) is 44.6 Å². The van der Waals surface area contributed by atoms with E-state index in [0.29, 0.717) is 11.9 Å². The van der Waals surface area contributed by atoms with Crippen LogP contribution in [-0.2, 0) is 16.1 Å². The Hall–Kier alpha value is -1.39. The molecule has 2 fully saturated rings. The van der Waals surface area contributed by atoms with Crippen molar-refractivity contribution in [3.8, 4) is 0 Å². The van der Waals surface area contributed by atoms with E-state index in [1.807, 2.05) is 6.07 Å². The Bertz CT molecular complexity index is 520. The van der Waals surface area contributed by atoms with Crippen LogP contribution in [0.4, 0.5) is 0 Å². The first-order chi connectivity index (χ1) is 11.8. The number of nitrogens with zero attached hydrogens (tertiary/aromatic N) is 1. The van der Waals surface area contributed by atoms with Gasteiger partial charge in [-0.25, -0.2) is 0 Å². The number of nitrogens with one attached hydrogen (secondary N) is 1. The van der Waals surface area contributed by atoms with Gasteiger partial charge in [0.15, 0.2) is 0 Å². The molecule has 24 heavy (non-hydrogen) atoms. The maximum atomic E-state index is 12.9. The van der Waals surface area contributed by atoms with Crippen molar-refractivity contribution in [2.75, 3.05) is 19.7 Å². The SMILES string of the molecule is CC[C@@H]1C[C@H](C(=O)N2CCC[C@H](NCc3ccccc3)C2)CCO1. The molecular formula is C20H30N2O2. The molecule has 1 N–H and O–H groups in total. The van der Waals surface area contributed by atoms with Crippen molar-refractivity contribution in [2.45, 2.75) is 57.7 Å². The van der Waals surface area contributed by atoms with E-state index in [0.717, 1.165) is 58.3 Å². The average Bonchev–Trinajstić information content (AvgIpc) is 2.67. The van der Waals surface area contributed by atoms with Gasteiger partial charge in [-0.3, -0.25) is 4.79 Å². The van der Waals surface area contributed by atoms with Crippen molar-refractivity contribution in [1.29, 1.82) is 0 Å². The summed E-state index contributed by atoms with van der Waals surface area (Å²) in [5, 5.41) is 3.63. The standard InChI is InChI=1S/C20H30N2O2/c1-2-19-13-17(10-12-24-19)20(23)22-11-6-9-18(15-22)21-14-16-7-4-3-5-8-16/h3-5,7-8,17-19,21H,2,6,9-15H2,1H3/t17-,18+,19-/m1/s1. The number of rotatable bonds is 5. The highest BCUT2D eigenvalue weighted by Crippen LogP contribution is 2.25. The maximum Gasteiger partial charge on any atom is 0.225 e. The first-order valence-corrected chi connectivity index (χ1v) is 9.44. The molecule has 0 aromatic heterocycles. The molecule has 2 aliphatic heterocycles. The molecule has 1 aromatic carbocycles. The minimum Gasteiger partial charge on any atom is -0.378 e. The Morgan fingerprint density at radius 1 is 1.29 bits per heavy atom. The van der Waals surface area contributed by atoms with Crippen LogP contribution in [0.25, 0.3) is 0 Å². The van der Waals surface area contributed by atoms with Gasteiger partial charge in [-0.1, -0.05) is 37.3 Å². The van der Waals surface area contributed by atoms with E-state index in [9.17, 15) is 4.79 Å².